The van der Waals surface area contributed by atoms with E-state index in [-0.39, 0.29) is 12.0 Å². The number of amides is 1. The van der Waals surface area contributed by atoms with Crippen LogP contribution in [0.25, 0.3) is 0 Å². The lowest BCUT2D eigenvalue weighted by Crippen LogP contribution is -2.32. The van der Waals surface area contributed by atoms with Gasteiger partial charge >= 0.3 is 0 Å². The molecule has 0 bridgehead atoms. The minimum atomic E-state index is -0.196. The highest BCUT2D eigenvalue weighted by atomic mass is 35.5. The number of rotatable bonds is 3. The number of aliphatic hydroxyl groups excluding tert-OH is 1. The Kier molecular flexibility index (Phi) is 5.08. The molecule has 0 saturated heterocycles. The maximum atomic E-state index is 12.0. The number of carbonyl (C=O) groups excluding carboxylic acids is 1. The molecule has 0 aliphatic heterocycles. The molecule has 104 valence electrons. The first-order chi connectivity index (χ1) is 9.08. The van der Waals surface area contributed by atoms with Crippen LogP contribution in [0.2, 0.25) is 10.0 Å². The summed E-state index contributed by atoms with van der Waals surface area (Å²) in [5.74, 6) is 0.240. The molecule has 19 heavy (non-hydrogen) atoms. The van der Waals surface area contributed by atoms with Gasteiger partial charge in [-0.2, -0.15) is 0 Å². The zero-order valence-corrected chi connectivity index (χ0v) is 12.0. The van der Waals surface area contributed by atoms with Crippen LogP contribution in [-0.2, 0) is 0 Å². The van der Waals surface area contributed by atoms with Gasteiger partial charge in [-0.05, 0) is 43.7 Å². The number of hydrogen-bond acceptors (Lipinski definition) is 2. The first kappa shape index (κ1) is 14.6. The third kappa shape index (κ3) is 3.85. The predicted molar refractivity (Wildman–Crippen MR) is 76.8 cm³/mol. The molecule has 1 fully saturated rings. The van der Waals surface area contributed by atoms with Crippen LogP contribution in [-0.4, -0.2) is 23.7 Å². The number of hydrogen-bond donors (Lipinski definition) is 2. The summed E-state index contributed by atoms with van der Waals surface area (Å²) >= 11 is 11.9. The maximum Gasteiger partial charge on any atom is 0.252 e. The molecule has 3 nitrogen and oxygen atoms in total. The van der Waals surface area contributed by atoms with E-state index in [0.29, 0.717) is 28.1 Å². The van der Waals surface area contributed by atoms with Crippen molar-refractivity contribution in [2.24, 2.45) is 5.92 Å². The zero-order chi connectivity index (χ0) is 13.8. The maximum absolute atomic E-state index is 12.0. The fourth-order valence-electron chi connectivity index (χ4n) is 2.36. The van der Waals surface area contributed by atoms with E-state index in [1.165, 1.54) is 0 Å². The van der Waals surface area contributed by atoms with Crippen LogP contribution in [0.1, 0.15) is 36.0 Å². The molecule has 1 aliphatic carbocycles. The minimum absolute atomic E-state index is 0.172. The summed E-state index contributed by atoms with van der Waals surface area (Å²) in [4.78, 5) is 12.0. The Balaban J connectivity index is 1.89. The number of aliphatic hydroxyl groups is 1. The van der Waals surface area contributed by atoms with Gasteiger partial charge in [-0.15, -0.1) is 0 Å². The second-order valence-corrected chi connectivity index (χ2v) is 5.77. The molecule has 0 spiro atoms. The Morgan fingerprint density at radius 3 is 2.63 bits per heavy atom. The molecule has 2 N–H and O–H groups in total. The summed E-state index contributed by atoms with van der Waals surface area (Å²) in [5, 5.41) is 13.0. The van der Waals surface area contributed by atoms with Crippen molar-refractivity contribution in [2.45, 2.75) is 31.8 Å². The van der Waals surface area contributed by atoms with Crippen LogP contribution in [0.15, 0.2) is 18.2 Å². The van der Waals surface area contributed by atoms with E-state index in [4.69, 9.17) is 23.2 Å². The average Bonchev–Trinajstić information content (AvgIpc) is 2.41. The first-order valence-electron chi connectivity index (χ1n) is 6.48. The van der Waals surface area contributed by atoms with Crippen molar-refractivity contribution in [1.82, 2.24) is 5.32 Å². The normalized spacial score (nSPS) is 23.1. The van der Waals surface area contributed by atoms with E-state index in [2.05, 4.69) is 5.32 Å². The van der Waals surface area contributed by atoms with Crippen molar-refractivity contribution >= 4 is 29.1 Å². The Morgan fingerprint density at radius 2 is 1.95 bits per heavy atom. The van der Waals surface area contributed by atoms with Gasteiger partial charge in [-0.25, -0.2) is 0 Å². The molecule has 1 aromatic carbocycles. The highest BCUT2D eigenvalue weighted by Gasteiger charge is 2.20. The third-order valence-electron chi connectivity index (χ3n) is 3.56. The van der Waals surface area contributed by atoms with Gasteiger partial charge in [0.2, 0.25) is 0 Å². The summed E-state index contributed by atoms with van der Waals surface area (Å²) in [6.45, 7) is 0.619. The van der Waals surface area contributed by atoms with Crippen LogP contribution >= 0.6 is 23.2 Å². The highest BCUT2D eigenvalue weighted by Crippen LogP contribution is 2.26. The van der Waals surface area contributed by atoms with Gasteiger partial charge < -0.3 is 10.4 Å². The molecular formula is C14H17Cl2NO2. The Hall–Kier alpha value is -0.770. The molecule has 0 unspecified atom stereocenters. The smallest absolute Gasteiger partial charge is 0.252 e. The molecule has 2 rings (SSSR count). The summed E-state index contributed by atoms with van der Waals surface area (Å²) < 4.78 is 0. The standard InChI is InChI=1S/C14H17Cl2NO2/c15-12-3-1-2-11(13(12)16)14(19)17-8-9-4-6-10(18)7-5-9/h1-3,9-10,18H,4-8H2,(H,17,19). The van der Waals surface area contributed by atoms with Crippen molar-refractivity contribution in [3.63, 3.8) is 0 Å². The molecule has 0 atom stereocenters. The second-order valence-electron chi connectivity index (χ2n) is 4.99. The summed E-state index contributed by atoms with van der Waals surface area (Å²) in [5.41, 5.74) is 0.407. The zero-order valence-electron chi connectivity index (χ0n) is 10.5. The van der Waals surface area contributed by atoms with E-state index in [9.17, 15) is 9.90 Å². The van der Waals surface area contributed by atoms with Gasteiger partial charge in [0, 0.05) is 6.54 Å². The largest absolute Gasteiger partial charge is 0.393 e. The monoisotopic (exact) mass is 301 g/mol. The van der Waals surface area contributed by atoms with Crippen LogP contribution in [0.3, 0.4) is 0 Å². The molecule has 1 saturated carbocycles. The highest BCUT2D eigenvalue weighted by molar-refractivity contribution is 6.43. The molecule has 1 aliphatic rings. The Labute approximate surface area is 122 Å². The molecule has 5 heteroatoms. The SMILES string of the molecule is O=C(NCC1CCC(O)CC1)c1cccc(Cl)c1Cl. The Bertz CT molecular complexity index is 457. The second kappa shape index (κ2) is 6.60. The van der Waals surface area contributed by atoms with E-state index in [1.54, 1.807) is 18.2 Å². The van der Waals surface area contributed by atoms with Gasteiger partial charge in [0.1, 0.15) is 0 Å². The van der Waals surface area contributed by atoms with Crippen molar-refractivity contribution in [3.05, 3.63) is 33.8 Å². The van der Waals surface area contributed by atoms with Gasteiger partial charge in [0.25, 0.3) is 5.91 Å². The van der Waals surface area contributed by atoms with Crippen molar-refractivity contribution in [2.75, 3.05) is 6.54 Å². The summed E-state index contributed by atoms with van der Waals surface area (Å²) in [7, 11) is 0. The molecule has 1 aromatic rings. The van der Waals surface area contributed by atoms with Crippen LogP contribution in [0.5, 0.6) is 0 Å². The summed E-state index contributed by atoms with van der Waals surface area (Å²) in [6, 6.07) is 5.03. The third-order valence-corrected chi connectivity index (χ3v) is 4.38. The lowest BCUT2D eigenvalue weighted by atomic mass is 9.87. The fourth-order valence-corrected chi connectivity index (χ4v) is 2.75. The number of benzene rings is 1. The van der Waals surface area contributed by atoms with Crippen LogP contribution in [0.4, 0.5) is 0 Å². The van der Waals surface area contributed by atoms with Gasteiger partial charge in [-0.1, -0.05) is 29.3 Å². The van der Waals surface area contributed by atoms with E-state index >= 15 is 0 Å². The lowest BCUT2D eigenvalue weighted by molar-refractivity contribution is 0.0910. The van der Waals surface area contributed by atoms with Crippen LogP contribution < -0.4 is 5.32 Å². The number of nitrogens with one attached hydrogen (secondary N) is 1. The average molecular weight is 302 g/mol. The van der Waals surface area contributed by atoms with Gasteiger partial charge in [0.05, 0.1) is 21.7 Å². The van der Waals surface area contributed by atoms with E-state index < -0.39 is 0 Å². The fraction of sp³-hybridized carbons (Fsp3) is 0.500. The molecule has 1 amide bonds. The quantitative estimate of drug-likeness (QED) is 0.900. The van der Waals surface area contributed by atoms with Gasteiger partial charge in [0.15, 0.2) is 0 Å². The first-order valence-corrected chi connectivity index (χ1v) is 7.24. The number of halogens is 2. The molecule has 0 aromatic heterocycles. The van der Waals surface area contributed by atoms with Crippen LogP contribution in [0, 0.1) is 5.92 Å². The van der Waals surface area contributed by atoms with Crippen molar-refractivity contribution < 1.29 is 9.90 Å². The van der Waals surface area contributed by atoms with Gasteiger partial charge in [-0.3, -0.25) is 4.79 Å². The number of carbonyl (C=O) groups is 1. The van der Waals surface area contributed by atoms with Crippen molar-refractivity contribution in [3.8, 4) is 0 Å². The molecular weight excluding hydrogens is 285 g/mol. The summed E-state index contributed by atoms with van der Waals surface area (Å²) in [6.07, 6.45) is 3.36. The molecule has 0 heterocycles. The van der Waals surface area contributed by atoms with Crippen molar-refractivity contribution in [1.29, 1.82) is 0 Å². The predicted octanol–water partition coefficient (Wildman–Crippen LogP) is 3.27. The lowest BCUT2D eigenvalue weighted by Gasteiger charge is -2.25. The molecule has 0 radical (unpaired) electrons. The van der Waals surface area contributed by atoms with E-state index in [0.717, 1.165) is 25.7 Å². The Morgan fingerprint density at radius 1 is 1.26 bits per heavy atom. The minimum Gasteiger partial charge on any atom is -0.393 e. The van der Waals surface area contributed by atoms with E-state index in [1.807, 2.05) is 0 Å². The topological polar surface area (TPSA) is 49.3 Å².